The van der Waals surface area contributed by atoms with E-state index in [0.717, 1.165) is 7.11 Å². The number of ketones is 3. The molecule has 0 saturated heterocycles. The number of allylic oxidation sites excluding steroid dienone is 3. The highest BCUT2D eigenvalue weighted by Gasteiger charge is 2.63. The van der Waals surface area contributed by atoms with Crippen molar-refractivity contribution < 1.29 is 54.2 Å². The number of hydrogen-bond donors (Lipinski definition) is 5. The lowest BCUT2D eigenvalue weighted by Gasteiger charge is -2.43. The minimum absolute atomic E-state index is 0.0187. The van der Waals surface area contributed by atoms with Gasteiger partial charge in [0.1, 0.15) is 40.4 Å². The molecule has 0 unspecified atom stereocenters. The van der Waals surface area contributed by atoms with Crippen molar-refractivity contribution >= 4 is 34.8 Å². The Balaban J connectivity index is 1.53. The van der Waals surface area contributed by atoms with Gasteiger partial charge in [-0.05, 0) is 49.1 Å². The minimum Gasteiger partial charge on any atom is -0.507 e. The van der Waals surface area contributed by atoms with Crippen molar-refractivity contribution in [3.05, 3.63) is 74.9 Å². The van der Waals surface area contributed by atoms with Crippen molar-refractivity contribution in [2.24, 2.45) is 5.41 Å². The molecular weight excluding hydrogens is 548 g/mol. The van der Waals surface area contributed by atoms with Crippen molar-refractivity contribution in [3.8, 4) is 17.2 Å². The molecule has 11 heteroatoms. The van der Waals surface area contributed by atoms with Crippen LogP contribution in [0.5, 0.6) is 17.2 Å². The van der Waals surface area contributed by atoms with E-state index in [0.29, 0.717) is 5.56 Å². The molecule has 11 nitrogen and oxygen atoms in total. The molecule has 0 radical (unpaired) electrons. The van der Waals surface area contributed by atoms with Crippen LogP contribution in [0.2, 0.25) is 0 Å². The van der Waals surface area contributed by atoms with Crippen LogP contribution in [0.15, 0.2) is 41.5 Å². The Morgan fingerprint density at radius 1 is 1.00 bits per heavy atom. The van der Waals surface area contributed by atoms with Gasteiger partial charge in [-0.1, -0.05) is 12.2 Å². The van der Waals surface area contributed by atoms with Crippen molar-refractivity contribution in [1.82, 2.24) is 0 Å². The number of phenolic OH excluding ortho intramolecular Hbond substituents is 2. The number of rotatable bonds is 1. The van der Waals surface area contributed by atoms with Crippen molar-refractivity contribution in [1.29, 1.82) is 0 Å². The predicted octanol–water partition coefficient (Wildman–Crippen LogP) is 2.63. The number of aliphatic hydroxyl groups is 3. The van der Waals surface area contributed by atoms with Gasteiger partial charge in [0.25, 0.3) is 5.60 Å². The summed E-state index contributed by atoms with van der Waals surface area (Å²) in [4.78, 5) is 54.5. The second kappa shape index (κ2) is 8.10. The highest BCUT2D eigenvalue weighted by molar-refractivity contribution is 6.23. The molecule has 8 rings (SSSR count). The number of fused-ring (bicyclic) bond motifs is 3. The Kier molecular flexibility index (Phi) is 5.02. The first-order valence-corrected chi connectivity index (χ1v) is 13.3. The number of Topliss-reactive ketones (excluding diaryl/α,β-unsaturated/α-hetero) is 3. The lowest BCUT2D eigenvalue weighted by atomic mass is 9.62. The standard InChI is InChI=1S/C31H24O11/c1-11-7-14-20(16(33)8-11)25(37)23-24(36)13-5-6-30(23,28(14)39)10-12-9-17(34)21-26(38)22-15(32)3-4-18(35)31(22,29(40)41-2)42-27(21)19(12)13/h5-9,13,18,33-35,37-38H,3-4,10H2,1-2H3/t13-,18+,30+,31-/m0/s1. The summed E-state index contributed by atoms with van der Waals surface area (Å²) >= 11 is 0. The van der Waals surface area contributed by atoms with Crippen LogP contribution in [-0.4, -0.2) is 67.7 Å². The smallest absolute Gasteiger partial charge is 0.358 e. The Labute approximate surface area is 237 Å². The molecule has 1 saturated carbocycles. The Morgan fingerprint density at radius 3 is 2.40 bits per heavy atom. The van der Waals surface area contributed by atoms with Crippen LogP contribution >= 0.6 is 0 Å². The zero-order valence-electron chi connectivity index (χ0n) is 22.3. The van der Waals surface area contributed by atoms with Crippen LogP contribution < -0.4 is 4.74 Å². The first kappa shape index (κ1) is 26.0. The highest BCUT2D eigenvalue weighted by atomic mass is 16.6. The van der Waals surface area contributed by atoms with E-state index < -0.39 is 69.2 Å². The molecule has 5 N–H and O–H groups in total. The number of aromatic hydroxyl groups is 2. The quantitative estimate of drug-likeness (QED) is 0.250. The maximum atomic E-state index is 14.2. The fourth-order valence-corrected chi connectivity index (χ4v) is 7.29. The molecule has 2 bridgehead atoms. The summed E-state index contributed by atoms with van der Waals surface area (Å²) < 4.78 is 11.1. The largest absolute Gasteiger partial charge is 0.507 e. The summed E-state index contributed by atoms with van der Waals surface area (Å²) in [5.74, 6) is -6.98. The normalized spacial score (nSPS) is 28.8. The molecule has 1 heterocycles. The summed E-state index contributed by atoms with van der Waals surface area (Å²) in [6.45, 7) is 1.67. The monoisotopic (exact) mass is 572 g/mol. The Hall–Kier alpha value is -4.90. The molecule has 4 atom stereocenters. The van der Waals surface area contributed by atoms with E-state index >= 15 is 0 Å². The van der Waals surface area contributed by atoms with E-state index in [1.165, 1.54) is 30.4 Å². The maximum Gasteiger partial charge on any atom is 0.358 e. The molecule has 1 aliphatic heterocycles. The van der Waals surface area contributed by atoms with Gasteiger partial charge in [0.2, 0.25) is 0 Å². The first-order valence-electron chi connectivity index (χ1n) is 13.3. The third kappa shape index (κ3) is 2.83. The van der Waals surface area contributed by atoms with Crippen LogP contribution in [0.4, 0.5) is 0 Å². The summed E-state index contributed by atoms with van der Waals surface area (Å²) in [7, 11) is 1.02. The van der Waals surface area contributed by atoms with Crippen LogP contribution in [-0.2, 0) is 25.5 Å². The van der Waals surface area contributed by atoms with Gasteiger partial charge in [0.05, 0.1) is 35.2 Å². The van der Waals surface area contributed by atoms with Gasteiger partial charge in [0, 0.05) is 17.5 Å². The first-order chi connectivity index (χ1) is 19.9. The SMILES string of the molecule is COC(=O)[C@@]12Oc3c(c(O)cc4c3[C@@H]3C=C[C@]5(C4)C(=O)c4cc(C)cc(O)c4C(O)=C5C3=O)C(O)=C1C(=O)CC[C@H]2O. The molecular formula is C31H24O11. The van der Waals surface area contributed by atoms with E-state index in [4.69, 9.17) is 9.47 Å². The van der Waals surface area contributed by atoms with E-state index in [1.807, 2.05) is 0 Å². The summed E-state index contributed by atoms with van der Waals surface area (Å²) in [5, 5.41) is 55.6. The molecule has 1 spiro atoms. The number of methoxy groups -OCH3 is 1. The van der Waals surface area contributed by atoms with Gasteiger partial charge in [-0.15, -0.1) is 0 Å². The summed E-state index contributed by atoms with van der Waals surface area (Å²) in [6, 6.07) is 4.12. The van der Waals surface area contributed by atoms with Gasteiger partial charge in [-0.3, -0.25) is 14.4 Å². The maximum absolute atomic E-state index is 14.2. The van der Waals surface area contributed by atoms with E-state index in [2.05, 4.69) is 0 Å². The summed E-state index contributed by atoms with van der Waals surface area (Å²) in [6.07, 6.45) is 0.684. The molecule has 214 valence electrons. The fourth-order valence-electron chi connectivity index (χ4n) is 7.29. The van der Waals surface area contributed by atoms with E-state index in [-0.39, 0.29) is 64.2 Å². The average Bonchev–Trinajstić information content (AvgIpc) is 3.16. The Morgan fingerprint density at radius 2 is 1.69 bits per heavy atom. The summed E-state index contributed by atoms with van der Waals surface area (Å²) in [5.41, 5.74) is -4.64. The van der Waals surface area contributed by atoms with Crippen molar-refractivity contribution in [2.45, 2.75) is 43.8 Å². The Bertz CT molecular complexity index is 1830. The van der Waals surface area contributed by atoms with Gasteiger partial charge >= 0.3 is 5.97 Å². The number of phenols is 2. The van der Waals surface area contributed by atoms with Crippen LogP contribution in [0.1, 0.15) is 56.9 Å². The molecule has 1 fully saturated rings. The number of hydrogen-bond acceptors (Lipinski definition) is 11. The van der Waals surface area contributed by atoms with Gasteiger partial charge in [-0.25, -0.2) is 4.79 Å². The lowest BCUT2D eigenvalue weighted by molar-refractivity contribution is -0.169. The lowest BCUT2D eigenvalue weighted by Crippen LogP contribution is -2.61. The van der Waals surface area contributed by atoms with Crippen LogP contribution in [0.3, 0.4) is 0 Å². The zero-order valence-corrected chi connectivity index (χ0v) is 22.3. The molecule has 6 aliphatic rings. The molecule has 0 amide bonds. The topological polar surface area (TPSA) is 188 Å². The zero-order chi connectivity index (χ0) is 30.0. The molecule has 42 heavy (non-hydrogen) atoms. The average molecular weight is 573 g/mol. The van der Waals surface area contributed by atoms with Crippen molar-refractivity contribution in [2.75, 3.05) is 7.11 Å². The molecule has 2 aromatic rings. The molecule has 0 aromatic heterocycles. The number of esters is 1. The number of benzene rings is 2. The van der Waals surface area contributed by atoms with Crippen LogP contribution in [0.25, 0.3) is 11.5 Å². The van der Waals surface area contributed by atoms with Crippen LogP contribution in [0, 0.1) is 12.3 Å². The minimum atomic E-state index is -2.48. The third-order valence-electron chi connectivity index (χ3n) is 9.09. The fraction of sp³-hybridized carbons (Fsp3) is 0.290. The number of carbonyl (C=O) groups is 4. The van der Waals surface area contributed by atoms with Gasteiger partial charge in [0.15, 0.2) is 17.3 Å². The number of carbonyl (C=O) groups excluding carboxylic acids is 4. The second-order valence-corrected chi connectivity index (χ2v) is 11.3. The molecule has 2 aromatic carbocycles. The van der Waals surface area contributed by atoms with E-state index in [1.54, 1.807) is 6.92 Å². The molecule has 5 aliphatic carbocycles. The van der Waals surface area contributed by atoms with Crippen molar-refractivity contribution in [3.63, 3.8) is 0 Å². The van der Waals surface area contributed by atoms with Gasteiger partial charge in [-0.2, -0.15) is 0 Å². The third-order valence-corrected chi connectivity index (χ3v) is 9.09. The number of ether oxygens (including phenoxy) is 2. The second-order valence-electron chi connectivity index (χ2n) is 11.3. The predicted molar refractivity (Wildman–Crippen MR) is 143 cm³/mol. The number of aryl methyl sites for hydroxylation is 1. The number of aliphatic hydroxyl groups excluding tert-OH is 3. The van der Waals surface area contributed by atoms with Gasteiger partial charge < -0.3 is 35.0 Å². The van der Waals surface area contributed by atoms with E-state index in [9.17, 15) is 44.7 Å². The highest BCUT2D eigenvalue weighted by Crippen LogP contribution is 2.59.